The molecule has 3 heterocycles. The van der Waals surface area contributed by atoms with E-state index in [9.17, 15) is 0 Å². The fourth-order valence-corrected chi connectivity index (χ4v) is 3.74. The van der Waals surface area contributed by atoms with Crippen molar-refractivity contribution in [3.05, 3.63) is 54.0 Å². The minimum Gasteiger partial charge on any atom is -0.475 e. The molecule has 1 atom stereocenters. The molecule has 1 aliphatic heterocycles. The minimum absolute atomic E-state index is 0.138. The van der Waals surface area contributed by atoms with Gasteiger partial charge in [-0.05, 0) is 43.1 Å². The zero-order valence-electron chi connectivity index (χ0n) is 18.3. The number of likely N-dealkylation sites (tertiary alicyclic amines) is 1. The summed E-state index contributed by atoms with van der Waals surface area (Å²) in [5.74, 6) is 1.76. The predicted octanol–water partition coefficient (Wildman–Crippen LogP) is 3.56. The van der Waals surface area contributed by atoms with Crippen LogP contribution in [0.5, 0.6) is 5.88 Å². The molecular formula is C23H29N5O3. The number of benzene rings is 1. The topological polar surface area (TPSA) is 76.8 Å². The predicted molar refractivity (Wildman–Crippen MR) is 118 cm³/mol. The summed E-state index contributed by atoms with van der Waals surface area (Å²) in [6.45, 7) is 2.87. The van der Waals surface area contributed by atoms with Crippen molar-refractivity contribution in [2.45, 2.75) is 25.4 Å². The van der Waals surface area contributed by atoms with E-state index in [1.807, 2.05) is 6.07 Å². The van der Waals surface area contributed by atoms with Crippen LogP contribution in [0.4, 0.5) is 5.69 Å². The fraction of sp³-hybridized carbons (Fsp3) is 0.435. The van der Waals surface area contributed by atoms with E-state index in [0.717, 1.165) is 31.5 Å². The van der Waals surface area contributed by atoms with Crippen LogP contribution < -0.4 is 9.64 Å². The molecule has 0 aliphatic carbocycles. The fourth-order valence-electron chi connectivity index (χ4n) is 3.74. The highest BCUT2D eigenvalue weighted by molar-refractivity contribution is 5.53. The second-order valence-corrected chi connectivity index (χ2v) is 7.87. The van der Waals surface area contributed by atoms with E-state index in [0.29, 0.717) is 30.8 Å². The minimum atomic E-state index is 0.138. The third-order valence-corrected chi connectivity index (χ3v) is 5.46. The molecule has 0 spiro atoms. The van der Waals surface area contributed by atoms with Crippen LogP contribution in [0.1, 0.15) is 30.3 Å². The molecule has 164 valence electrons. The standard InChI is InChI=1S/C23H29N5O3/c1-27(2)19-9-6-17(7-10-19)16-28-12-4-5-20(28)23-25-22(26-31-23)18-8-11-21(24-15-18)30-14-13-29-3/h6-11,15,20H,4-5,12-14,16H2,1-3H3. The molecule has 0 radical (unpaired) electrons. The van der Waals surface area contributed by atoms with Crippen molar-refractivity contribution in [2.24, 2.45) is 0 Å². The van der Waals surface area contributed by atoms with Crippen molar-refractivity contribution in [1.29, 1.82) is 0 Å². The van der Waals surface area contributed by atoms with Crippen molar-refractivity contribution in [3.8, 4) is 17.3 Å². The number of hydrogen-bond acceptors (Lipinski definition) is 8. The molecule has 1 saturated heterocycles. The summed E-state index contributed by atoms with van der Waals surface area (Å²) in [6.07, 6.45) is 3.84. The lowest BCUT2D eigenvalue weighted by Gasteiger charge is -2.22. The van der Waals surface area contributed by atoms with E-state index < -0.39 is 0 Å². The van der Waals surface area contributed by atoms with Crippen molar-refractivity contribution < 1.29 is 14.0 Å². The maximum Gasteiger partial charge on any atom is 0.244 e. The summed E-state index contributed by atoms with van der Waals surface area (Å²) in [5, 5.41) is 4.19. The molecule has 8 heteroatoms. The van der Waals surface area contributed by atoms with Gasteiger partial charge in [0.15, 0.2) is 0 Å². The van der Waals surface area contributed by atoms with E-state index >= 15 is 0 Å². The van der Waals surface area contributed by atoms with Gasteiger partial charge in [-0.25, -0.2) is 4.98 Å². The van der Waals surface area contributed by atoms with E-state index in [1.165, 1.54) is 11.3 Å². The Morgan fingerprint density at radius 3 is 2.68 bits per heavy atom. The van der Waals surface area contributed by atoms with Crippen molar-refractivity contribution in [3.63, 3.8) is 0 Å². The van der Waals surface area contributed by atoms with Gasteiger partial charge in [-0.2, -0.15) is 4.98 Å². The number of methoxy groups -OCH3 is 1. The largest absolute Gasteiger partial charge is 0.475 e. The number of pyridine rings is 1. The lowest BCUT2D eigenvalue weighted by molar-refractivity contribution is 0.144. The first-order valence-electron chi connectivity index (χ1n) is 10.6. The Hall–Kier alpha value is -2.97. The van der Waals surface area contributed by atoms with E-state index in [4.69, 9.17) is 14.0 Å². The Morgan fingerprint density at radius 2 is 1.97 bits per heavy atom. The smallest absolute Gasteiger partial charge is 0.244 e. The zero-order valence-corrected chi connectivity index (χ0v) is 18.3. The summed E-state index contributed by atoms with van der Waals surface area (Å²) in [6, 6.07) is 12.5. The highest BCUT2D eigenvalue weighted by atomic mass is 16.5. The van der Waals surface area contributed by atoms with E-state index in [2.05, 4.69) is 63.3 Å². The Morgan fingerprint density at radius 1 is 1.13 bits per heavy atom. The van der Waals surface area contributed by atoms with Gasteiger partial charge in [0.1, 0.15) is 6.61 Å². The third-order valence-electron chi connectivity index (χ3n) is 5.46. The Kier molecular flexibility index (Phi) is 6.79. The number of hydrogen-bond donors (Lipinski definition) is 0. The van der Waals surface area contributed by atoms with Crippen LogP contribution in [0.2, 0.25) is 0 Å². The van der Waals surface area contributed by atoms with E-state index in [1.54, 1.807) is 19.4 Å². The van der Waals surface area contributed by atoms with Gasteiger partial charge in [-0.1, -0.05) is 17.3 Å². The van der Waals surface area contributed by atoms with Gasteiger partial charge < -0.3 is 18.9 Å². The molecule has 3 aromatic rings. The van der Waals surface area contributed by atoms with Gasteiger partial charge in [0.2, 0.25) is 17.6 Å². The van der Waals surface area contributed by atoms with Crippen LogP contribution in [0, 0.1) is 0 Å². The van der Waals surface area contributed by atoms with Crippen LogP contribution in [-0.2, 0) is 11.3 Å². The summed E-state index contributed by atoms with van der Waals surface area (Å²) in [4.78, 5) is 13.5. The molecule has 1 unspecified atom stereocenters. The Labute approximate surface area is 182 Å². The van der Waals surface area contributed by atoms with Crippen LogP contribution >= 0.6 is 0 Å². The Bertz CT molecular complexity index is 956. The first-order valence-corrected chi connectivity index (χ1v) is 10.6. The van der Waals surface area contributed by atoms with Gasteiger partial charge in [-0.3, -0.25) is 4.90 Å². The molecule has 2 aromatic heterocycles. The molecule has 0 bridgehead atoms. The molecule has 8 nitrogen and oxygen atoms in total. The molecular weight excluding hydrogens is 394 g/mol. The summed E-state index contributed by atoms with van der Waals surface area (Å²) >= 11 is 0. The normalized spacial score (nSPS) is 16.5. The first kappa shape index (κ1) is 21.3. The van der Waals surface area contributed by atoms with Crippen LogP contribution in [0.3, 0.4) is 0 Å². The molecule has 4 rings (SSSR count). The lowest BCUT2D eigenvalue weighted by atomic mass is 10.1. The quantitative estimate of drug-likeness (QED) is 0.484. The van der Waals surface area contributed by atoms with Crippen molar-refractivity contribution in [2.75, 3.05) is 45.9 Å². The highest BCUT2D eigenvalue weighted by Gasteiger charge is 2.30. The molecule has 1 fully saturated rings. The maximum atomic E-state index is 5.65. The SMILES string of the molecule is COCCOc1ccc(-c2noc(C3CCCN3Cc3ccc(N(C)C)cc3)n2)cn1. The van der Waals surface area contributed by atoms with Crippen LogP contribution in [0.15, 0.2) is 47.1 Å². The molecule has 0 amide bonds. The average molecular weight is 424 g/mol. The van der Waals surface area contributed by atoms with Gasteiger partial charge in [0.05, 0.1) is 12.6 Å². The van der Waals surface area contributed by atoms with Gasteiger partial charge in [0, 0.05) is 51.3 Å². The average Bonchev–Trinajstić information content (AvgIpc) is 3.44. The zero-order chi connectivity index (χ0) is 21.6. The number of ether oxygens (including phenoxy) is 2. The molecule has 0 saturated carbocycles. The van der Waals surface area contributed by atoms with Crippen LogP contribution in [-0.4, -0.2) is 61.0 Å². The van der Waals surface area contributed by atoms with Crippen molar-refractivity contribution >= 4 is 5.69 Å². The lowest BCUT2D eigenvalue weighted by Crippen LogP contribution is -2.23. The number of anilines is 1. The highest BCUT2D eigenvalue weighted by Crippen LogP contribution is 2.33. The monoisotopic (exact) mass is 423 g/mol. The Balaban J connectivity index is 1.41. The number of rotatable bonds is 9. The first-order chi connectivity index (χ1) is 15.1. The molecule has 0 N–H and O–H groups in total. The number of aromatic nitrogens is 3. The summed E-state index contributed by atoms with van der Waals surface area (Å²) < 4.78 is 16.1. The van der Waals surface area contributed by atoms with E-state index in [-0.39, 0.29) is 6.04 Å². The second kappa shape index (κ2) is 9.89. The van der Waals surface area contributed by atoms with Gasteiger partial charge in [0.25, 0.3) is 0 Å². The van der Waals surface area contributed by atoms with Gasteiger partial charge in [-0.15, -0.1) is 0 Å². The second-order valence-electron chi connectivity index (χ2n) is 7.87. The van der Waals surface area contributed by atoms with Crippen molar-refractivity contribution in [1.82, 2.24) is 20.0 Å². The molecule has 1 aromatic carbocycles. The third kappa shape index (κ3) is 5.21. The summed E-state index contributed by atoms with van der Waals surface area (Å²) in [5.41, 5.74) is 3.29. The molecule has 31 heavy (non-hydrogen) atoms. The molecule has 1 aliphatic rings. The van der Waals surface area contributed by atoms with Crippen LogP contribution in [0.25, 0.3) is 11.4 Å². The van der Waals surface area contributed by atoms with Gasteiger partial charge >= 0.3 is 0 Å². The maximum absolute atomic E-state index is 5.65. The number of nitrogens with zero attached hydrogens (tertiary/aromatic N) is 5. The summed E-state index contributed by atoms with van der Waals surface area (Å²) in [7, 11) is 5.74.